The Bertz CT molecular complexity index is 435. The van der Waals surface area contributed by atoms with E-state index in [1.807, 2.05) is 13.1 Å². The fourth-order valence-corrected chi connectivity index (χ4v) is 1.57. The van der Waals surface area contributed by atoms with Crippen molar-refractivity contribution in [2.24, 2.45) is 13.0 Å². The predicted octanol–water partition coefficient (Wildman–Crippen LogP) is 1.30. The first-order valence-corrected chi connectivity index (χ1v) is 6.21. The van der Waals surface area contributed by atoms with Gasteiger partial charge in [0.1, 0.15) is 11.9 Å². The van der Waals surface area contributed by atoms with Crippen molar-refractivity contribution >= 4 is 12.4 Å². The van der Waals surface area contributed by atoms with Crippen molar-refractivity contribution in [1.29, 1.82) is 0 Å². The first-order valence-electron chi connectivity index (χ1n) is 6.21. The van der Waals surface area contributed by atoms with Crippen LogP contribution in [0.3, 0.4) is 0 Å². The maximum atomic E-state index is 11.5. The highest BCUT2D eigenvalue weighted by Crippen LogP contribution is 2.08. The molecule has 0 aliphatic rings. The van der Waals surface area contributed by atoms with Crippen LogP contribution in [-0.4, -0.2) is 34.3 Å². The molecule has 0 saturated carbocycles. The van der Waals surface area contributed by atoms with Gasteiger partial charge in [0.05, 0.1) is 0 Å². The van der Waals surface area contributed by atoms with Gasteiger partial charge in [-0.05, 0) is 26.8 Å². The van der Waals surface area contributed by atoms with Crippen LogP contribution in [0.25, 0.3) is 0 Å². The van der Waals surface area contributed by atoms with E-state index >= 15 is 0 Å². The number of carbonyl (C=O) groups excluding carboxylic acids is 2. The summed E-state index contributed by atoms with van der Waals surface area (Å²) in [4.78, 5) is 22.5. The summed E-state index contributed by atoms with van der Waals surface area (Å²) in [7, 11) is 1.82. The quantitative estimate of drug-likeness (QED) is 0.816. The molecule has 1 rings (SSSR count). The van der Waals surface area contributed by atoms with Gasteiger partial charge < -0.3 is 14.8 Å². The molecule has 19 heavy (non-hydrogen) atoms. The first-order chi connectivity index (χ1) is 8.81. The third-order valence-corrected chi connectivity index (χ3v) is 2.49. The van der Waals surface area contributed by atoms with Gasteiger partial charge in [-0.1, -0.05) is 0 Å². The number of nitrogens with zero attached hydrogens (tertiary/aromatic N) is 2. The van der Waals surface area contributed by atoms with Crippen molar-refractivity contribution in [1.82, 2.24) is 15.1 Å². The van der Waals surface area contributed by atoms with Crippen LogP contribution in [0.4, 0.5) is 4.79 Å². The number of rotatable bonds is 5. The van der Waals surface area contributed by atoms with Gasteiger partial charge in [0, 0.05) is 37.8 Å². The van der Waals surface area contributed by atoms with Gasteiger partial charge in [-0.25, -0.2) is 4.79 Å². The van der Waals surface area contributed by atoms with Crippen LogP contribution < -0.4 is 5.32 Å². The number of amides is 1. The minimum atomic E-state index is -0.539. The highest BCUT2D eigenvalue weighted by atomic mass is 16.6. The van der Waals surface area contributed by atoms with E-state index in [-0.39, 0.29) is 12.5 Å². The highest BCUT2D eigenvalue weighted by Gasteiger charge is 2.18. The Kier molecular flexibility index (Phi) is 5.09. The smallest absolute Gasteiger partial charge is 0.407 e. The Balaban J connectivity index is 2.43. The van der Waals surface area contributed by atoms with Crippen molar-refractivity contribution in [3.05, 3.63) is 18.0 Å². The molecule has 1 N–H and O–H groups in total. The summed E-state index contributed by atoms with van der Waals surface area (Å²) in [6.07, 6.45) is 2.54. The number of alkyl carbamates (subject to hydrolysis) is 1. The minimum Gasteiger partial charge on any atom is -0.444 e. The molecule has 1 amide bonds. The fraction of sp³-hybridized carbons (Fsp3) is 0.615. The Labute approximate surface area is 113 Å². The zero-order chi connectivity index (χ0) is 14.5. The summed E-state index contributed by atoms with van der Waals surface area (Å²) in [6, 6.07) is 1.85. The van der Waals surface area contributed by atoms with Crippen LogP contribution in [0.15, 0.2) is 12.3 Å². The van der Waals surface area contributed by atoms with E-state index in [0.717, 1.165) is 12.0 Å². The van der Waals surface area contributed by atoms with E-state index in [1.54, 1.807) is 31.6 Å². The van der Waals surface area contributed by atoms with Crippen molar-refractivity contribution in [3.63, 3.8) is 0 Å². The molecule has 1 aromatic heterocycles. The molecule has 0 spiro atoms. The summed E-state index contributed by atoms with van der Waals surface area (Å²) < 4.78 is 6.82. The lowest BCUT2D eigenvalue weighted by Crippen LogP contribution is -2.36. The molecule has 0 aliphatic heterocycles. The predicted molar refractivity (Wildman–Crippen MR) is 70.7 cm³/mol. The van der Waals surface area contributed by atoms with Gasteiger partial charge >= 0.3 is 6.09 Å². The second-order valence-electron chi connectivity index (χ2n) is 5.43. The standard InChI is InChI=1S/C13H21N3O3/c1-13(2,3)19-12(18)14-8-10(9-17)7-11-5-6-15-16(11)4/h5-6,9-10H,7-8H2,1-4H3,(H,14,18). The summed E-state index contributed by atoms with van der Waals surface area (Å²) in [5.41, 5.74) is 0.408. The Morgan fingerprint density at radius 3 is 2.74 bits per heavy atom. The molecular formula is C13H21N3O3. The molecule has 6 nitrogen and oxygen atoms in total. The lowest BCUT2D eigenvalue weighted by atomic mass is 10.1. The molecular weight excluding hydrogens is 246 g/mol. The van der Waals surface area contributed by atoms with Crippen LogP contribution in [0.1, 0.15) is 26.5 Å². The maximum absolute atomic E-state index is 11.5. The van der Waals surface area contributed by atoms with Crippen molar-refractivity contribution in [2.45, 2.75) is 32.8 Å². The van der Waals surface area contributed by atoms with Crippen molar-refractivity contribution < 1.29 is 14.3 Å². The highest BCUT2D eigenvalue weighted by molar-refractivity contribution is 5.68. The van der Waals surface area contributed by atoms with Gasteiger partial charge in [0.15, 0.2) is 0 Å². The van der Waals surface area contributed by atoms with Gasteiger partial charge in [-0.2, -0.15) is 5.10 Å². The second kappa shape index (κ2) is 6.36. The van der Waals surface area contributed by atoms with Gasteiger partial charge in [-0.3, -0.25) is 4.68 Å². The zero-order valence-corrected chi connectivity index (χ0v) is 11.8. The maximum Gasteiger partial charge on any atom is 0.407 e. The normalized spacial score (nSPS) is 12.8. The van der Waals surface area contributed by atoms with Gasteiger partial charge in [-0.15, -0.1) is 0 Å². The van der Waals surface area contributed by atoms with E-state index in [2.05, 4.69) is 10.4 Å². The molecule has 0 saturated heterocycles. The number of hydrogen-bond acceptors (Lipinski definition) is 4. The Morgan fingerprint density at radius 1 is 1.58 bits per heavy atom. The van der Waals surface area contributed by atoms with Crippen LogP contribution in [-0.2, 0) is 23.0 Å². The average molecular weight is 267 g/mol. The molecule has 0 radical (unpaired) electrons. The molecule has 1 heterocycles. The largest absolute Gasteiger partial charge is 0.444 e. The van der Waals surface area contributed by atoms with Gasteiger partial charge in [0.2, 0.25) is 0 Å². The summed E-state index contributed by atoms with van der Waals surface area (Å²) in [6.45, 7) is 5.63. The van der Waals surface area contributed by atoms with Crippen LogP contribution in [0.2, 0.25) is 0 Å². The molecule has 1 atom stereocenters. The number of aromatic nitrogens is 2. The van der Waals surface area contributed by atoms with Crippen molar-refractivity contribution in [3.8, 4) is 0 Å². The number of ether oxygens (including phenoxy) is 1. The van der Waals surface area contributed by atoms with Crippen molar-refractivity contribution in [2.75, 3.05) is 6.54 Å². The van der Waals surface area contributed by atoms with E-state index in [4.69, 9.17) is 4.74 Å². The number of aldehydes is 1. The Hall–Kier alpha value is -1.85. The molecule has 0 aliphatic carbocycles. The molecule has 1 aromatic rings. The average Bonchev–Trinajstić information content (AvgIpc) is 2.67. The summed E-state index contributed by atoms with van der Waals surface area (Å²) in [5, 5.41) is 6.64. The SMILES string of the molecule is Cn1nccc1CC(C=O)CNC(=O)OC(C)(C)C. The first kappa shape index (κ1) is 15.2. The molecule has 6 heteroatoms. The monoisotopic (exact) mass is 267 g/mol. The Morgan fingerprint density at radius 2 is 2.26 bits per heavy atom. The third-order valence-electron chi connectivity index (χ3n) is 2.49. The second-order valence-corrected chi connectivity index (χ2v) is 5.43. The van der Waals surface area contributed by atoms with Crippen LogP contribution >= 0.6 is 0 Å². The number of nitrogens with one attached hydrogen (secondary N) is 1. The van der Waals surface area contributed by atoms with Gasteiger partial charge in [0.25, 0.3) is 0 Å². The minimum absolute atomic E-state index is 0.254. The lowest BCUT2D eigenvalue weighted by Gasteiger charge is -2.20. The van der Waals surface area contributed by atoms with E-state index in [1.165, 1.54) is 0 Å². The summed E-state index contributed by atoms with van der Waals surface area (Å²) >= 11 is 0. The topological polar surface area (TPSA) is 73.2 Å². The number of hydrogen-bond donors (Lipinski definition) is 1. The third kappa shape index (κ3) is 5.54. The molecule has 0 bridgehead atoms. The molecule has 0 fully saturated rings. The lowest BCUT2D eigenvalue weighted by molar-refractivity contribution is -0.110. The van der Waals surface area contributed by atoms with E-state index in [0.29, 0.717) is 6.42 Å². The fourth-order valence-electron chi connectivity index (χ4n) is 1.57. The van der Waals surface area contributed by atoms with E-state index < -0.39 is 11.7 Å². The van der Waals surface area contributed by atoms with Crippen LogP contribution in [0.5, 0.6) is 0 Å². The van der Waals surface area contributed by atoms with E-state index in [9.17, 15) is 9.59 Å². The number of aryl methyl sites for hydroxylation is 1. The summed E-state index contributed by atoms with van der Waals surface area (Å²) in [5.74, 6) is -0.289. The molecule has 1 unspecified atom stereocenters. The molecule has 0 aromatic carbocycles. The molecule has 106 valence electrons. The zero-order valence-electron chi connectivity index (χ0n) is 11.8. The van der Waals surface area contributed by atoms with Crippen LogP contribution in [0, 0.1) is 5.92 Å². The number of carbonyl (C=O) groups is 2.